The third-order valence-electron chi connectivity index (χ3n) is 4.44. The second-order valence-corrected chi connectivity index (χ2v) is 5.36. The van der Waals surface area contributed by atoms with Gasteiger partial charge >= 0.3 is 0 Å². The lowest BCUT2D eigenvalue weighted by Gasteiger charge is -2.43. The van der Waals surface area contributed by atoms with Crippen LogP contribution in [-0.4, -0.2) is 5.78 Å². The molecule has 2 aliphatic carbocycles. The largest absolute Gasteiger partial charge is 0.299 e. The summed E-state index contributed by atoms with van der Waals surface area (Å²) in [6.07, 6.45) is 7.19. The Balaban J connectivity index is 2.52. The molecule has 0 aromatic carbocycles. The van der Waals surface area contributed by atoms with Crippen molar-refractivity contribution in [3.63, 3.8) is 0 Å². The smallest absolute Gasteiger partial charge is 0.150 e. The number of nitriles is 2. The molecule has 3 nitrogen and oxygen atoms in total. The first-order chi connectivity index (χ1) is 8.09. The second kappa shape index (κ2) is 4.00. The van der Waals surface area contributed by atoms with E-state index < -0.39 is 10.8 Å². The second-order valence-electron chi connectivity index (χ2n) is 5.36. The van der Waals surface area contributed by atoms with Gasteiger partial charge in [0.2, 0.25) is 0 Å². The van der Waals surface area contributed by atoms with E-state index in [1.54, 1.807) is 0 Å². The first kappa shape index (κ1) is 11.9. The summed E-state index contributed by atoms with van der Waals surface area (Å²) in [5.41, 5.74) is -1.53. The molecule has 0 saturated heterocycles. The Morgan fingerprint density at radius 3 is 2.59 bits per heavy atom. The Bertz CT molecular complexity index is 438. The van der Waals surface area contributed by atoms with Gasteiger partial charge < -0.3 is 0 Å². The van der Waals surface area contributed by atoms with E-state index in [0.717, 1.165) is 12.8 Å². The van der Waals surface area contributed by atoms with Gasteiger partial charge in [-0.1, -0.05) is 19.1 Å². The number of ketones is 1. The molecule has 0 bridgehead atoms. The lowest BCUT2D eigenvalue weighted by Crippen LogP contribution is -2.46. The van der Waals surface area contributed by atoms with Crippen LogP contribution in [0.4, 0.5) is 0 Å². The highest BCUT2D eigenvalue weighted by molar-refractivity contribution is 5.86. The van der Waals surface area contributed by atoms with Crippen LogP contribution in [0.3, 0.4) is 0 Å². The Morgan fingerprint density at radius 1 is 1.29 bits per heavy atom. The molecule has 0 spiro atoms. The van der Waals surface area contributed by atoms with Crippen LogP contribution in [0.25, 0.3) is 0 Å². The van der Waals surface area contributed by atoms with Gasteiger partial charge in [0.05, 0.1) is 12.1 Å². The SMILES string of the molecule is CC12CC=CCC(C#N)(C#N)C1CCCC2=O. The van der Waals surface area contributed by atoms with Gasteiger partial charge in [-0.3, -0.25) is 4.79 Å². The van der Waals surface area contributed by atoms with E-state index in [0.29, 0.717) is 19.3 Å². The van der Waals surface area contributed by atoms with E-state index >= 15 is 0 Å². The summed E-state index contributed by atoms with van der Waals surface area (Å²) < 4.78 is 0. The van der Waals surface area contributed by atoms with Crippen LogP contribution < -0.4 is 0 Å². The number of hydrogen-bond acceptors (Lipinski definition) is 3. The van der Waals surface area contributed by atoms with E-state index in [9.17, 15) is 15.3 Å². The fourth-order valence-electron chi connectivity index (χ4n) is 3.32. The van der Waals surface area contributed by atoms with Crippen LogP contribution in [0, 0.1) is 39.4 Å². The van der Waals surface area contributed by atoms with Crippen molar-refractivity contribution in [1.29, 1.82) is 10.5 Å². The Labute approximate surface area is 102 Å². The predicted octanol–water partition coefficient (Wildman–Crippen LogP) is 2.75. The third kappa shape index (κ3) is 1.58. The summed E-state index contributed by atoms with van der Waals surface area (Å²) in [5.74, 6) is 0.0939. The monoisotopic (exact) mass is 228 g/mol. The molecule has 2 atom stereocenters. The molecule has 88 valence electrons. The topological polar surface area (TPSA) is 64.7 Å². The van der Waals surface area contributed by atoms with Crippen molar-refractivity contribution < 1.29 is 4.79 Å². The van der Waals surface area contributed by atoms with Crippen molar-refractivity contribution >= 4 is 5.78 Å². The maximum absolute atomic E-state index is 12.2. The molecule has 0 amide bonds. The Hall–Kier alpha value is -1.61. The van der Waals surface area contributed by atoms with Gasteiger partial charge in [-0.2, -0.15) is 10.5 Å². The zero-order valence-corrected chi connectivity index (χ0v) is 10.1. The highest BCUT2D eigenvalue weighted by atomic mass is 16.1. The zero-order chi connectivity index (χ0) is 12.5. The van der Waals surface area contributed by atoms with Gasteiger partial charge in [-0.25, -0.2) is 0 Å². The molecule has 0 aromatic rings. The summed E-state index contributed by atoms with van der Waals surface area (Å²) in [4.78, 5) is 12.2. The minimum Gasteiger partial charge on any atom is -0.299 e. The number of carbonyl (C=O) groups is 1. The van der Waals surface area contributed by atoms with Crippen LogP contribution in [-0.2, 0) is 4.79 Å². The number of allylic oxidation sites excluding steroid dienone is 2. The van der Waals surface area contributed by atoms with Crippen LogP contribution in [0.15, 0.2) is 12.2 Å². The normalized spacial score (nSPS) is 35.2. The molecule has 2 rings (SSSR count). The number of carbonyl (C=O) groups excluding carboxylic acids is 1. The molecule has 0 heterocycles. The fraction of sp³-hybridized carbons (Fsp3) is 0.643. The molecule has 0 aromatic heterocycles. The molecule has 0 aliphatic heterocycles. The van der Waals surface area contributed by atoms with Gasteiger partial charge in [-0.15, -0.1) is 0 Å². The number of hydrogen-bond donors (Lipinski definition) is 0. The van der Waals surface area contributed by atoms with Crippen molar-refractivity contribution in [3.8, 4) is 12.1 Å². The minimum absolute atomic E-state index is 0.124. The first-order valence-electron chi connectivity index (χ1n) is 6.10. The Morgan fingerprint density at radius 2 is 1.94 bits per heavy atom. The van der Waals surface area contributed by atoms with Crippen molar-refractivity contribution in [3.05, 3.63) is 12.2 Å². The van der Waals surface area contributed by atoms with E-state index in [1.807, 2.05) is 19.1 Å². The molecule has 0 radical (unpaired) electrons. The molecule has 2 aliphatic rings. The van der Waals surface area contributed by atoms with Gasteiger partial charge in [0.15, 0.2) is 5.41 Å². The van der Waals surface area contributed by atoms with Crippen molar-refractivity contribution in [2.45, 2.75) is 39.0 Å². The summed E-state index contributed by atoms with van der Waals surface area (Å²) in [6.45, 7) is 1.93. The average molecular weight is 228 g/mol. The quantitative estimate of drug-likeness (QED) is 0.599. The van der Waals surface area contributed by atoms with Crippen molar-refractivity contribution in [2.24, 2.45) is 16.7 Å². The number of nitrogens with zero attached hydrogens (tertiary/aromatic N) is 2. The molecule has 1 saturated carbocycles. The van der Waals surface area contributed by atoms with Crippen LogP contribution >= 0.6 is 0 Å². The lowest BCUT2D eigenvalue weighted by atomic mass is 9.56. The highest BCUT2D eigenvalue weighted by Gasteiger charge is 2.54. The summed E-state index contributed by atoms with van der Waals surface area (Å²) in [5, 5.41) is 18.8. The number of rotatable bonds is 0. The molecule has 1 fully saturated rings. The van der Waals surface area contributed by atoms with Crippen LogP contribution in [0.1, 0.15) is 39.0 Å². The van der Waals surface area contributed by atoms with Gasteiger partial charge in [0.1, 0.15) is 5.78 Å². The van der Waals surface area contributed by atoms with Gasteiger partial charge in [-0.05, 0) is 25.7 Å². The van der Waals surface area contributed by atoms with Crippen molar-refractivity contribution in [2.75, 3.05) is 0 Å². The molecular formula is C14H16N2O. The standard InChI is InChI=1S/C14H16N2O/c1-13-7-2-3-8-14(9-15,10-16)11(13)5-4-6-12(13)17/h2-3,11H,4-8H2,1H3. The third-order valence-corrected chi connectivity index (χ3v) is 4.44. The number of fused-ring (bicyclic) bond motifs is 1. The molecular weight excluding hydrogens is 212 g/mol. The highest BCUT2D eigenvalue weighted by Crippen LogP contribution is 2.52. The molecule has 17 heavy (non-hydrogen) atoms. The minimum atomic E-state index is -1.02. The average Bonchev–Trinajstić information content (AvgIpc) is 2.49. The van der Waals surface area contributed by atoms with Crippen LogP contribution in [0.2, 0.25) is 0 Å². The van der Waals surface area contributed by atoms with E-state index in [-0.39, 0.29) is 11.7 Å². The maximum atomic E-state index is 12.2. The van der Waals surface area contributed by atoms with Gasteiger partial charge in [0, 0.05) is 17.8 Å². The summed E-state index contributed by atoms with van der Waals surface area (Å²) in [7, 11) is 0. The van der Waals surface area contributed by atoms with E-state index in [4.69, 9.17) is 0 Å². The molecule has 0 N–H and O–H groups in total. The van der Waals surface area contributed by atoms with Gasteiger partial charge in [0.25, 0.3) is 0 Å². The molecule has 2 unspecified atom stereocenters. The van der Waals surface area contributed by atoms with Crippen molar-refractivity contribution in [1.82, 2.24) is 0 Å². The summed E-state index contributed by atoms with van der Waals surface area (Å²) in [6, 6.07) is 4.37. The maximum Gasteiger partial charge on any atom is 0.150 e. The van der Waals surface area contributed by atoms with Crippen LogP contribution in [0.5, 0.6) is 0 Å². The predicted molar refractivity (Wildman–Crippen MR) is 62.5 cm³/mol. The summed E-state index contributed by atoms with van der Waals surface area (Å²) >= 11 is 0. The zero-order valence-electron chi connectivity index (χ0n) is 10.1. The first-order valence-corrected chi connectivity index (χ1v) is 6.10. The Kier molecular flexibility index (Phi) is 2.79. The van der Waals surface area contributed by atoms with E-state index in [1.165, 1.54) is 0 Å². The lowest BCUT2D eigenvalue weighted by molar-refractivity contribution is -0.135. The van der Waals surface area contributed by atoms with E-state index in [2.05, 4.69) is 12.1 Å². The fourth-order valence-corrected chi connectivity index (χ4v) is 3.32. The molecule has 3 heteroatoms. The number of Topliss-reactive ketones (excluding diaryl/α,β-unsaturated/α-hetero) is 1.